The molecule has 3 rings (SSSR count). The quantitative estimate of drug-likeness (QED) is 0.710. The van der Waals surface area contributed by atoms with Crippen molar-refractivity contribution >= 4 is 16.5 Å². The number of benzene rings is 2. The van der Waals surface area contributed by atoms with E-state index in [0.717, 1.165) is 16.3 Å². The summed E-state index contributed by atoms with van der Waals surface area (Å²) in [7, 11) is 0. The molecule has 0 saturated heterocycles. The van der Waals surface area contributed by atoms with Crippen molar-refractivity contribution in [3.8, 4) is 11.6 Å². The fraction of sp³-hybridized carbons (Fsp3) is 0.0667. The SMILES string of the molecule is Cc1c(N)cccc1Oc1nncc2ccccc12. The molecule has 2 N–H and O–H groups in total. The van der Waals surface area contributed by atoms with Gasteiger partial charge in [-0.2, -0.15) is 5.10 Å². The average Bonchev–Trinajstić information content (AvgIpc) is 2.44. The number of nitrogen functional groups attached to an aromatic ring is 1. The average molecular weight is 251 g/mol. The molecule has 0 aliphatic rings. The van der Waals surface area contributed by atoms with Crippen molar-refractivity contribution in [2.45, 2.75) is 6.92 Å². The predicted molar refractivity (Wildman–Crippen MR) is 75.2 cm³/mol. The molecule has 0 aliphatic heterocycles. The lowest BCUT2D eigenvalue weighted by atomic mass is 10.2. The van der Waals surface area contributed by atoms with Crippen LogP contribution in [-0.2, 0) is 0 Å². The molecule has 0 fully saturated rings. The van der Waals surface area contributed by atoms with Gasteiger partial charge in [0.2, 0.25) is 5.88 Å². The Morgan fingerprint density at radius 2 is 1.89 bits per heavy atom. The summed E-state index contributed by atoms with van der Waals surface area (Å²) in [6.07, 6.45) is 1.72. The molecule has 0 atom stereocenters. The van der Waals surface area contributed by atoms with Gasteiger partial charge < -0.3 is 10.5 Å². The van der Waals surface area contributed by atoms with E-state index in [1.807, 2.05) is 49.4 Å². The zero-order valence-corrected chi connectivity index (χ0v) is 10.5. The predicted octanol–water partition coefficient (Wildman–Crippen LogP) is 3.31. The van der Waals surface area contributed by atoms with Crippen molar-refractivity contribution in [3.63, 3.8) is 0 Å². The summed E-state index contributed by atoms with van der Waals surface area (Å²) in [6, 6.07) is 13.4. The molecule has 0 unspecified atom stereocenters. The number of nitrogens with two attached hydrogens (primary N) is 1. The number of aromatic nitrogens is 2. The summed E-state index contributed by atoms with van der Waals surface area (Å²) in [5.74, 6) is 1.19. The van der Waals surface area contributed by atoms with Crippen molar-refractivity contribution in [1.29, 1.82) is 0 Å². The molecular formula is C15H13N3O. The zero-order valence-electron chi connectivity index (χ0n) is 10.5. The lowest BCUT2D eigenvalue weighted by molar-refractivity contribution is 0.459. The monoisotopic (exact) mass is 251 g/mol. The second-order valence-corrected chi connectivity index (χ2v) is 4.31. The Bertz CT molecular complexity index is 735. The van der Waals surface area contributed by atoms with Crippen LogP contribution in [0, 0.1) is 6.92 Å². The Morgan fingerprint density at radius 3 is 2.79 bits per heavy atom. The minimum absolute atomic E-state index is 0.492. The molecule has 19 heavy (non-hydrogen) atoms. The van der Waals surface area contributed by atoms with Crippen molar-refractivity contribution in [3.05, 3.63) is 54.2 Å². The first-order valence-corrected chi connectivity index (χ1v) is 5.99. The van der Waals surface area contributed by atoms with Crippen molar-refractivity contribution in [2.24, 2.45) is 0 Å². The first-order chi connectivity index (χ1) is 9.25. The molecule has 0 spiro atoms. The van der Waals surface area contributed by atoms with Crippen LogP contribution < -0.4 is 10.5 Å². The van der Waals surface area contributed by atoms with E-state index in [1.165, 1.54) is 0 Å². The summed E-state index contributed by atoms with van der Waals surface area (Å²) in [4.78, 5) is 0. The van der Waals surface area contributed by atoms with Gasteiger partial charge >= 0.3 is 0 Å². The first kappa shape index (κ1) is 11.5. The molecule has 2 aromatic carbocycles. The minimum atomic E-state index is 0.492. The topological polar surface area (TPSA) is 61.0 Å². The number of nitrogens with zero attached hydrogens (tertiary/aromatic N) is 2. The number of hydrogen-bond donors (Lipinski definition) is 1. The number of anilines is 1. The molecule has 0 aliphatic carbocycles. The molecule has 3 aromatic rings. The van der Waals surface area contributed by atoms with Crippen molar-refractivity contribution in [2.75, 3.05) is 5.73 Å². The van der Waals surface area contributed by atoms with Gasteiger partial charge in [0.25, 0.3) is 0 Å². The Labute approximate surface area is 110 Å². The van der Waals surface area contributed by atoms with Crippen molar-refractivity contribution < 1.29 is 4.74 Å². The van der Waals surface area contributed by atoms with Gasteiger partial charge in [-0.3, -0.25) is 0 Å². The molecule has 4 nitrogen and oxygen atoms in total. The highest BCUT2D eigenvalue weighted by Gasteiger charge is 2.08. The van der Waals surface area contributed by atoms with Gasteiger partial charge in [0.1, 0.15) is 5.75 Å². The van der Waals surface area contributed by atoms with Crippen LogP contribution >= 0.6 is 0 Å². The maximum absolute atomic E-state index is 5.87. The molecule has 4 heteroatoms. The first-order valence-electron chi connectivity index (χ1n) is 5.99. The van der Waals surface area contributed by atoms with E-state index >= 15 is 0 Å². The Kier molecular flexibility index (Phi) is 2.76. The van der Waals surface area contributed by atoms with Gasteiger partial charge in [0, 0.05) is 22.0 Å². The summed E-state index contributed by atoms with van der Waals surface area (Å²) in [5, 5.41) is 9.94. The summed E-state index contributed by atoms with van der Waals surface area (Å²) >= 11 is 0. The van der Waals surface area contributed by atoms with Crippen LogP contribution in [0.3, 0.4) is 0 Å². The second kappa shape index (κ2) is 4.57. The molecule has 1 aromatic heterocycles. The third-order valence-corrected chi connectivity index (χ3v) is 3.07. The molecule has 94 valence electrons. The Hall–Kier alpha value is -2.62. The fourth-order valence-electron chi connectivity index (χ4n) is 1.92. The van der Waals surface area contributed by atoms with Crippen LogP contribution in [0.15, 0.2) is 48.7 Å². The largest absolute Gasteiger partial charge is 0.437 e. The van der Waals surface area contributed by atoms with Gasteiger partial charge in [0.05, 0.1) is 6.20 Å². The lowest BCUT2D eigenvalue weighted by Gasteiger charge is -2.10. The number of rotatable bonds is 2. The lowest BCUT2D eigenvalue weighted by Crippen LogP contribution is -1.96. The van der Waals surface area contributed by atoms with E-state index in [4.69, 9.17) is 10.5 Å². The van der Waals surface area contributed by atoms with E-state index < -0.39 is 0 Å². The van der Waals surface area contributed by atoms with Gasteiger partial charge in [-0.1, -0.05) is 24.3 Å². The highest BCUT2D eigenvalue weighted by molar-refractivity contribution is 5.86. The Morgan fingerprint density at radius 1 is 1.05 bits per heavy atom. The minimum Gasteiger partial charge on any atom is -0.437 e. The third kappa shape index (κ3) is 2.08. The second-order valence-electron chi connectivity index (χ2n) is 4.31. The molecule has 1 heterocycles. The van der Waals surface area contributed by atoms with E-state index in [0.29, 0.717) is 17.3 Å². The standard InChI is InChI=1S/C15H13N3O/c1-10-13(16)7-4-8-14(10)19-15-12-6-3-2-5-11(12)9-17-18-15/h2-9H,16H2,1H3. The molecule has 0 saturated carbocycles. The highest BCUT2D eigenvalue weighted by atomic mass is 16.5. The zero-order chi connectivity index (χ0) is 13.2. The normalized spacial score (nSPS) is 10.6. The third-order valence-electron chi connectivity index (χ3n) is 3.07. The van der Waals surface area contributed by atoms with Crippen LogP contribution in [0.1, 0.15) is 5.56 Å². The summed E-state index contributed by atoms with van der Waals surface area (Å²) in [5.41, 5.74) is 7.47. The van der Waals surface area contributed by atoms with Gasteiger partial charge in [-0.05, 0) is 25.1 Å². The van der Waals surface area contributed by atoms with Gasteiger partial charge in [-0.15, -0.1) is 5.10 Å². The van der Waals surface area contributed by atoms with Crippen LogP contribution in [-0.4, -0.2) is 10.2 Å². The van der Waals surface area contributed by atoms with Crippen LogP contribution in [0.4, 0.5) is 5.69 Å². The summed E-state index contributed by atoms with van der Waals surface area (Å²) in [6.45, 7) is 1.92. The molecular weight excluding hydrogens is 238 g/mol. The van der Waals surface area contributed by atoms with Crippen molar-refractivity contribution in [1.82, 2.24) is 10.2 Å². The van der Waals surface area contributed by atoms with E-state index in [-0.39, 0.29) is 0 Å². The van der Waals surface area contributed by atoms with Crippen LogP contribution in [0.25, 0.3) is 10.8 Å². The number of fused-ring (bicyclic) bond motifs is 1. The smallest absolute Gasteiger partial charge is 0.246 e. The van der Waals surface area contributed by atoms with Gasteiger partial charge in [-0.25, -0.2) is 0 Å². The van der Waals surface area contributed by atoms with Crippen LogP contribution in [0.2, 0.25) is 0 Å². The fourth-order valence-corrected chi connectivity index (χ4v) is 1.92. The van der Waals surface area contributed by atoms with E-state index in [1.54, 1.807) is 6.20 Å². The summed E-state index contributed by atoms with van der Waals surface area (Å²) < 4.78 is 5.85. The Balaban J connectivity index is 2.09. The van der Waals surface area contributed by atoms with Gasteiger partial charge in [0.15, 0.2) is 0 Å². The maximum Gasteiger partial charge on any atom is 0.246 e. The maximum atomic E-state index is 5.87. The number of ether oxygens (including phenoxy) is 1. The van der Waals surface area contributed by atoms with Crippen LogP contribution in [0.5, 0.6) is 11.6 Å². The van der Waals surface area contributed by atoms with E-state index in [9.17, 15) is 0 Å². The highest BCUT2D eigenvalue weighted by Crippen LogP contribution is 2.30. The number of hydrogen-bond acceptors (Lipinski definition) is 4. The molecule has 0 amide bonds. The molecule has 0 radical (unpaired) electrons. The van der Waals surface area contributed by atoms with E-state index in [2.05, 4.69) is 10.2 Å². The molecule has 0 bridgehead atoms.